The highest BCUT2D eigenvalue weighted by atomic mass is 16.5. The van der Waals surface area contributed by atoms with Gasteiger partial charge in [0.15, 0.2) is 0 Å². The Bertz CT molecular complexity index is 655. The highest BCUT2D eigenvalue weighted by molar-refractivity contribution is 5.97. The van der Waals surface area contributed by atoms with Crippen molar-refractivity contribution in [2.75, 3.05) is 13.2 Å². The van der Waals surface area contributed by atoms with E-state index in [0.29, 0.717) is 24.5 Å². The van der Waals surface area contributed by atoms with Crippen LogP contribution in [0.5, 0.6) is 5.75 Å². The summed E-state index contributed by atoms with van der Waals surface area (Å²) in [5.41, 5.74) is 8.69. The smallest absolute Gasteiger partial charge is 0.130 e. The maximum atomic E-state index is 7.58. The first kappa shape index (κ1) is 13.6. The molecular weight excluding hydrogens is 264 g/mol. The third kappa shape index (κ3) is 2.90. The van der Waals surface area contributed by atoms with Gasteiger partial charge in [-0.2, -0.15) is 0 Å². The van der Waals surface area contributed by atoms with E-state index in [2.05, 4.69) is 12.1 Å². The number of para-hydroxylation sites is 1. The molecule has 0 aromatic heterocycles. The molecule has 1 unspecified atom stereocenters. The molecule has 0 saturated carbocycles. The molecule has 1 aliphatic heterocycles. The zero-order chi connectivity index (χ0) is 14.7. The van der Waals surface area contributed by atoms with Crippen LogP contribution in [-0.2, 0) is 11.2 Å². The van der Waals surface area contributed by atoms with Crippen molar-refractivity contribution >= 4 is 5.84 Å². The van der Waals surface area contributed by atoms with Crippen molar-refractivity contribution < 1.29 is 9.47 Å². The van der Waals surface area contributed by atoms with E-state index < -0.39 is 0 Å². The SMILES string of the molecule is N=C(N)c1ccccc1OCC1OCCc2ccccc21. The molecule has 0 radical (unpaired) electrons. The second-order valence-corrected chi connectivity index (χ2v) is 5.03. The number of benzene rings is 2. The van der Waals surface area contributed by atoms with Crippen molar-refractivity contribution in [3.8, 4) is 5.75 Å². The Hall–Kier alpha value is -2.33. The molecule has 1 atom stereocenters. The predicted octanol–water partition coefficient (Wildman–Crippen LogP) is 2.66. The number of amidine groups is 1. The number of ether oxygens (including phenoxy) is 2. The van der Waals surface area contributed by atoms with Crippen LogP contribution < -0.4 is 10.5 Å². The summed E-state index contributed by atoms with van der Waals surface area (Å²) in [4.78, 5) is 0. The van der Waals surface area contributed by atoms with E-state index in [1.165, 1.54) is 11.1 Å². The maximum Gasteiger partial charge on any atom is 0.130 e. The van der Waals surface area contributed by atoms with E-state index >= 15 is 0 Å². The summed E-state index contributed by atoms with van der Waals surface area (Å²) in [6.45, 7) is 1.13. The number of hydrogen-bond acceptors (Lipinski definition) is 3. The van der Waals surface area contributed by atoms with Crippen LogP contribution in [0.3, 0.4) is 0 Å². The number of rotatable bonds is 4. The zero-order valence-corrected chi connectivity index (χ0v) is 11.7. The van der Waals surface area contributed by atoms with Gasteiger partial charge in [0.05, 0.1) is 12.2 Å². The summed E-state index contributed by atoms with van der Waals surface area (Å²) in [5.74, 6) is 0.632. The van der Waals surface area contributed by atoms with Gasteiger partial charge in [0.25, 0.3) is 0 Å². The van der Waals surface area contributed by atoms with Crippen LogP contribution in [0.4, 0.5) is 0 Å². The molecule has 2 aromatic rings. The summed E-state index contributed by atoms with van der Waals surface area (Å²) >= 11 is 0. The molecule has 0 amide bonds. The van der Waals surface area contributed by atoms with E-state index in [0.717, 1.165) is 6.42 Å². The first-order valence-corrected chi connectivity index (χ1v) is 7.01. The number of nitrogen functional groups attached to an aromatic ring is 1. The maximum absolute atomic E-state index is 7.58. The number of nitrogens with one attached hydrogen (secondary N) is 1. The Kier molecular flexibility index (Phi) is 3.88. The minimum Gasteiger partial charge on any atom is -0.490 e. The largest absolute Gasteiger partial charge is 0.490 e. The lowest BCUT2D eigenvalue weighted by molar-refractivity contribution is 0.0102. The molecule has 0 aliphatic carbocycles. The van der Waals surface area contributed by atoms with Gasteiger partial charge in [0.2, 0.25) is 0 Å². The molecule has 0 bridgehead atoms. The van der Waals surface area contributed by atoms with Crippen LogP contribution in [0.1, 0.15) is 22.8 Å². The molecule has 3 N–H and O–H groups in total. The van der Waals surface area contributed by atoms with Crippen LogP contribution in [0.25, 0.3) is 0 Å². The standard InChI is InChI=1S/C17H18N2O2/c18-17(19)14-7-3-4-8-15(14)21-11-16-13-6-2-1-5-12(13)9-10-20-16/h1-8,16H,9-11H2,(H3,18,19). The van der Waals surface area contributed by atoms with Crippen molar-refractivity contribution in [1.29, 1.82) is 5.41 Å². The van der Waals surface area contributed by atoms with Crippen molar-refractivity contribution in [3.05, 3.63) is 65.2 Å². The number of fused-ring (bicyclic) bond motifs is 1. The summed E-state index contributed by atoms with van der Waals surface area (Å²) in [6.07, 6.45) is 0.867. The number of nitrogens with two attached hydrogens (primary N) is 1. The quantitative estimate of drug-likeness (QED) is 0.669. The lowest BCUT2D eigenvalue weighted by Gasteiger charge is -2.26. The lowest BCUT2D eigenvalue weighted by Crippen LogP contribution is -2.22. The third-order valence-electron chi connectivity index (χ3n) is 3.66. The van der Waals surface area contributed by atoms with Crippen LogP contribution >= 0.6 is 0 Å². The fourth-order valence-electron chi connectivity index (χ4n) is 2.60. The van der Waals surface area contributed by atoms with E-state index in [-0.39, 0.29) is 11.9 Å². The molecule has 1 aliphatic rings. The van der Waals surface area contributed by atoms with Gasteiger partial charge in [-0.15, -0.1) is 0 Å². The average molecular weight is 282 g/mol. The van der Waals surface area contributed by atoms with Gasteiger partial charge < -0.3 is 15.2 Å². The fraction of sp³-hybridized carbons (Fsp3) is 0.235. The average Bonchev–Trinajstić information content (AvgIpc) is 2.53. The lowest BCUT2D eigenvalue weighted by atomic mass is 9.98. The molecule has 1 heterocycles. The van der Waals surface area contributed by atoms with Crippen LogP contribution in [0, 0.1) is 5.41 Å². The van der Waals surface area contributed by atoms with E-state index in [1.54, 1.807) is 6.07 Å². The first-order valence-electron chi connectivity index (χ1n) is 7.01. The predicted molar refractivity (Wildman–Crippen MR) is 81.8 cm³/mol. The highest BCUT2D eigenvalue weighted by Gasteiger charge is 2.21. The summed E-state index contributed by atoms with van der Waals surface area (Å²) in [6, 6.07) is 15.6. The topological polar surface area (TPSA) is 68.3 Å². The summed E-state index contributed by atoms with van der Waals surface area (Å²) in [7, 11) is 0. The van der Waals surface area contributed by atoms with E-state index in [4.69, 9.17) is 20.6 Å². The monoisotopic (exact) mass is 282 g/mol. The highest BCUT2D eigenvalue weighted by Crippen LogP contribution is 2.28. The molecule has 4 nitrogen and oxygen atoms in total. The van der Waals surface area contributed by atoms with Gasteiger partial charge in [0.1, 0.15) is 24.3 Å². The summed E-state index contributed by atoms with van der Waals surface area (Å²) < 4.78 is 11.7. The van der Waals surface area contributed by atoms with Gasteiger partial charge in [0, 0.05) is 0 Å². The first-order chi connectivity index (χ1) is 10.3. The zero-order valence-electron chi connectivity index (χ0n) is 11.7. The van der Waals surface area contributed by atoms with E-state index in [9.17, 15) is 0 Å². The second kappa shape index (κ2) is 5.97. The Morgan fingerprint density at radius 2 is 1.95 bits per heavy atom. The van der Waals surface area contributed by atoms with Gasteiger partial charge in [-0.1, -0.05) is 36.4 Å². The number of hydrogen-bond donors (Lipinski definition) is 2. The Morgan fingerprint density at radius 1 is 1.19 bits per heavy atom. The molecule has 3 rings (SSSR count). The van der Waals surface area contributed by atoms with Crippen molar-refractivity contribution in [1.82, 2.24) is 0 Å². The molecule has 108 valence electrons. The second-order valence-electron chi connectivity index (χ2n) is 5.03. The van der Waals surface area contributed by atoms with Gasteiger partial charge in [-0.05, 0) is 29.7 Å². The minimum absolute atomic E-state index is 0.00978. The Labute approximate surface area is 124 Å². The molecule has 0 saturated heterocycles. The van der Waals surface area contributed by atoms with Crippen LogP contribution in [0.2, 0.25) is 0 Å². The Balaban J connectivity index is 1.76. The van der Waals surface area contributed by atoms with Crippen LogP contribution in [-0.4, -0.2) is 19.0 Å². The molecule has 21 heavy (non-hydrogen) atoms. The fourth-order valence-corrected chi connectivity index (χ4v) is 2.60. The molecule has 0 spiro atoms. The Morgan fingerprint density at radius 3 is 2.81 bits per heavy atom. The van der Waals surface area contributed by atoms with Gasteiger partial charge >= 0.3 is 0 Å². The molecule has 4 heteroatoms. The molecule has 0 fully saturated rings. The van der Waals surface area contributed by atoms with Crippen LogP contribution in [0.15, 0.2) is 48.5 Å². The normalized spacial score (nSPS) is 17.0. The van der Waals surface area contributed by atoms with Gasteiger partial charge in [-0.25, -0.2) is 0 Å². The van der Waals surface area contributed by atoms with Crippen molar-refractivity contribution in [3.63, 3.8) is 0 Å². The summed E-state index contributed by atoms with van der Waals surface area (Å²) in [5, 5.41) is 7.58. The van der Waals surface area contributed by atoms with E-state index in [1.807, 2.05) is 30.3 Å². The van der Waals surface area contributed by atoms with Gasteiger partial charge in [-0.3, -0.25) is 5.41 Å². The van der Waals surface area contributed by atoms with Crippen molar-refractivity contribution in [2.24, 2.45) is 5.73 Å². The third-order valence-corrected chi connectivity index (χ3v) is 3.66. The van der Waals surface area contributed by atoms with Crippen molar-refractivity contribution in [2.45, 2.75) is 12.5 Å². The molecule has 2 aromatic carbocycles. The minimum atomic E-state index is -0.0741. The molecular formula is C17H18N2O2.